The average molecular weight is 346 g/mol. The number of thiophene rings is 1. The van der Waals surface area contributed by atoms with Gasteiger partial charge in [0.15, 0.2) is 6.10 Å². The summed E-state index contributed by atoms with van der Waals surface area (Å²) in [6, 6.07) is 10.8. The van der Waals surface area contributed by atoms with E-state index in [-0.39, 0.29) is 5.78 Å². The van der Waals surface area contributed by atoms with E-state index in [1.807, 2.05) is 24.3 Å². The van der Waals surface area contributed by atoms with Crippen LogP contribution in [0.4, 0.5) is 0 Å². The molecule has 0 aliphatic rings. The van der Waals surface area contributed by atoms with Crippen molar-refractivity contribution in [2.75, 3.05) is 0 Å². The Hall–Kier alpha value is -0.840. The van der Waals surface area contributed by atoms with Crippen LogP contribution in [0.25, 0.3) is 0 Å². The first-order valence-electron chi connectivity index (χ1n) is 5.28. The Morgan fingerprint density at radius 1 is 1.28 bits per heavy atom. The molecule has 0 saturated heterocycles. The van der Waals surface area contributed by atoms with Crippen molar-refractivity contribution in [3.8, 4) is 5.75 Å². The zero-order valence-corrected chi connectivity index (χ0v) is 12.7. The number of ether oxygens (including phenoxy) is 1. The quantitative estimate of drug-likeness (QED) is 0.743. The van der Waals surface area contributed by atoms with Crippen LogP contribution in [0.2, 0.25) is 4.34 Å². The van der Waals surface area contributed by atoms with E-state index in [4.69, 9.17) is 16.3 Å². The number of carbonyl (C=O) groups excluding carboxylic acids is 1. The highest BCUT2D eigenvalue weighted by Gasteiger charge is 2.18. The molecular formula is C13H10BrClO2S. The Bertz CT molecular complexity index is 550. The van der Waals surface area contributed by atoms with Crippen molar-refractivity contribution in [3.63, 3.8) is 0 Å². The summed E-state index contributed by atoms with van der Waals surface area (Å²) in [6.45, 7) is 1.73. The van der Waals surface area contributed by atoms with Gasteiger partial charge in [-0.2, -0.15) is 0 Å². The van der Waals surface area contributed by atoms with Gasteiger partial charge in [0.05, 0.1) is 9.21 Å². The summed E-state index contributed by atoms with van der Waals surface area (Å²) < 4.78 is 7.16. The summed E-state index contributed by atoms with van der Waals surface area (Å²) >= 11 is 10.4. The molecule has 0 saturated carbocycles. The fourth-order valence-corrected chi connectivity index (χ4v) is 2.74. The van der Waals surface area contributed by atoms with E-state index < -0.39 is 6.10 Å². The maximum atomic E-state index is 12.0. The molecule has 0 spiro atoms. The Morgan fingerprint density at radius 2 is 1.94 bits per heavy atom. The first-order valence-corrected chi connectivity index (χ1v) is 7.27. The van der Waals surface area contributed by atoms with E-state index in [2.05, 4.69) is 15.9 Å². The summed E-state index contributed by atoms with van der Waals surface area (Å²) in [5, 5.41) is 0. The molecule has 0 bridgehead atoms. The van der Waals surface area contributed by atoms with Crippen molar-refractivity contribution in [2.24, 2.45) is 0 Å². The number of hydrogen-bond acceptors (Lipinski definition) is 3. The molecule has 0 N–H and O–H groups in total. The molecule has 2 rings (SSSR count). The Morgan fingerprint density at radius 3 is 2.50 bits per heavy atom. The van der Waals surface area contributed by atoms with Gasteiger partial charge < -0.3 is 4.74 Å². The lowest BCUT2D eigenvalue weighted by Gasteiger charge is -2.12. The fourth-order valence-electron chi connectivity index (χ4n) is 1.42. The van der Waals surface area contributed by atoms with Gasteiger partial charge in [-0.15, -0.1) is 11.3 Å². The molecule has 0 aliphatic carbocycles. The number of halogens is 2. The molecule has 2 nitrogen and oxygen atoms in total. The Labute approximate surface area is 123 Å². The number of Topliss-reactive ketones (excluding diaryl/α,β-unsaturated/α-hetero) is 1. The average Bonchev–Trinajstić information content (AvgIpc) is 2.78. The molecule has 0 aliphatic heterocycles. The van der Waals surface area contributed by atoms with E-state index in [9.17, 15) is 4.79 Å². The molecule has 1 aromatic carbocycles. The van der Waals surface area contributed by atoms with E-state index in [0.717, 1.165) is 4.47 Å². The molecule has 1 unspecified atom stereocenters. The second kappa shape index (κ2) is 5.87. The van der Waals surface area contributed by atoms with Gasteiger partial charge in [-0.25, -0.2) is 0 Å². The van der Waals surface area contributed by atoms with E-state index >= 15 is 0 Å². The van der Waals surface area contributed by atoms with Crippen molar-refractivity contribution < 1.29 is 9.53 Å². The summed E-state index contributed by atoms with van der Waals surface area (Å²) in [4.78, 5) is 12.7. The second-order valence-corrected chi connectivity index (χ2v) is 6.31. The van der Waals surface area contributed by atoms with Crippen molar-refractivity contribution in [2.45, 2.75) is 13.0 Å². The minimum absolute atomic E-state index is 0.0604. The highest BCUT2D eigenvalue weighted by Crippen LogP contribution is 2.24. The van der Waals surface area contributed by atoms with Gasteiger partial charge in [0, 0.05) is 4.47 Å². The highest BCUT2D eigenvalue weighted by molar-refractivity contribution is 9.10. The van der Waals surface area contributed by atoms with Crippen molar-refractivity contribution in [1.82, 2.24) is 0 Å². The zero-order chi connectivity index (χ0) is 13.1. The van der Waals surface area contributed by atoms with E-state index in [1.165, 1.54) is 11.3 Å². The van der Waals surface area contributed by atoms with Gasteiger partial charge in [-0.05, 0) is 43.3 Å². The standard InChI is InChI=1S/C13H10BrClO2S/c1-8(13(16)11-6-7-12(15)18-11)17-10-4-2-9(14)3-5-10/h2-8H,1H3. The molecule has 1 atom stereocenters. The van der Waals surface area contributed by atoms with E-state index in [0.29, 0.717) is 15.0 Å². The molecule has 1 aromatic heterocycles. The third kappa shape index (κ3) is 3.34. The topological polar surface area (TPSA) is 26.3 Å². The van der Waals surface area contributed by atoms with Crippen LogP contribution in [0, 0.1) is 0 Å². The summed E-state index contributed by atoms with van der Waals surface area (Å²) in [6.07, 6.45) is -0.527. The largest absolute Gasteiger partial charge is 0.483 e. The Balaban J connectivity index is 2.05. The van der Waals surface area contributed by atoms with Crippen LogP contribution in [0.5, 0.6) is 5.75 Å². The molecular weight excluding hydrogens is 336 g/mol. The maximum absolute atomic E-state index is 12.0. The molecule has 1 heterocycles. The van der Waals surface area contributed by atoms with Gasteiger partial charge in [0.25, 0.3) is 0 Å². The third-order valence-electron chi connectivity index (χ3n) is 2.31. The minimum atomic E-state index is -0.527. The van der Waals surface area contributed by atoms with Crippen molar-refractivity contribution in [3.05, 3.63) is 50.1 Å². The number of ketones is 1. The van der Waals surface area contributed by atoms with Gasteiger partial charge >= 0.3 is 0 Å². The molecule has 18 heavy (non-hydrogen) atoms. The van der Waals surface area contributed by atoms with Crippen LogP contribution >= 0.6 is 38.9 Å². The lowest BCUT2D eigenvalue weighted by Crippen LogP contribution is -2.22. The summed E-state index contributed by atoms with van der Waals surface area (Å²) in [5.74, 6) is 0.608. The van der Waals surface area contributed by atoms with Crippen LogP contribution in [0.15, 0.2) is 40.9 Å². The van der Waals surface area contributed by atoms with Gasteiger partial charge in [0.1, 0.15) is 5.75 Å². The fraction of sp³-hybridized carbons (Fsp3) is 0.154. The summed E-state index contributed by atoms with van der Waals surface area (Å²) in [5.41, 5.74) is 0. The first-order chi connectivity index (χ1) is 8.56. The van der Waals surface area contributed by atoms with Gasteiger partial charge in [0.2, 0.25) is 5.78 Å². The van der Waals surface area contributed by atoms with Gasteiger partial charge in [-0.1, -0.05) is 27.5 Å². The van der Waals surface area contributed by atoms with Crippen LogP contribution in [-0.4, -0.2) is 11.9 Å². The van der Waals surface area contributed by atoms with Crippen LogP contribution in [0.3, 0.4) is 0 Å². The SMILES string of the molecule is CC(Oc1ccc(Br)cc1)C(=O)c1ccc(Cl)s1. The lowest BCUT2D eigenvalue weighted by atomic mass is 10.2. The Kier molecular flexibility index (Phi) is 4.43. The molecule has 94 valence electrons. The first kappa shape index (κ1) is 13.6. The van der Waals surface area contributed by atoms with Crippen LogP contribution in [-0.2, 0) is 0 Å². The predicted octanol–water partition coefficient (Wildman–Crippen LogP) is 4.81. The predicted molar refractivity (Wildman–Crippen MR) is 77.9 cm³/mol. The zero-order valence-electron chi connectivity index (χ0n) is 9.52. The van der Waals surface area contributed by atoms with Crippen LogP contribution in [0.1, 0.15) is 16.6 Å². The number of hydrogen-bond donors (Lipinski definition) is 0. The van der Waals surface area contributed by atoms with Crippen molar-refractivity contribution >= 4 is 44.7 Å². The second-order valence-electron chi connectivity index (χ2n) is 3.68. The smallest absolute Gasteiger partial charge is 0.212 e. The normalized spacial score (nSPS) is 12.2. The number of carbonyl (C=O) groups is 1. The van der Waals surface area contributed by atoms with Crippen molar-refractivity contribution in [1.29, 1.82) is 0 Å². The van der Waals surface area contributed by atoms with Gasteiger partial charge in [-0.3, -0.25) is 4.79 Å². The molecule has 0 radical (unpaired) electrons. The van der Waals surface area contributed by atoms with E-state index in [1.54, 1.807) is 19.1 Å². The molecule has 5 heteroatoms. The number of rotatable bonds is 4. The minimum Gasteiger partial charge on any atom is -0.483 e. The van der Waals surface area contributed by atoms with Crippen LogP contribution < -0.4 is 4.74 Å². The monoisotopic (exact) mass is 344 g/mol. The lowest BCUT2D eigenvalue weighted by molar-refractivity contribution is 0.0822. The number of benzene rings is 1. The third-order valence-corrected chi connectivity index (χ3v) is 4.09. The molecule has 0 amide bonds. The highest BCUT2D eigenvalue weighted by atomic mass is 79.9. The molecule has 2 aromatic rings. The maximum Gasteiger partial charge on any atom is 0.212 e. The summed E-state index contributed by atoms with van der Waals surface area (Å²) in [7, 11) is 0. The molecule has 0 fully saturated rings.